The Bertz CT molecular complexity index is 694. The Labute approximate surface area is 129 Å². The van der Waals surface area contributed by atoms with E-state index in [0.29, 0.717) is 17.7 Å². The molecule has 1 fully saturated rings. The summed E-state index contributed by atoms with van der Waals surface area (Å²) in [4.78, 5) is 14.6. The molecule has 0 atom stereocenters. The van der Waals surface area contributed by atoms with Gasteiger partial charge in [-0.1, -0.05) is 11.6 Å². The first kappa shape index (κ1) is 14.7. The van der Waals surface area contributed by atoms with Crippen LogP contribution in [0.3, 0.4) is 0 Å². The van der Waals surface area contributed by atoms with Crippen molar-refractivity contribution in [2.45, 2.75) is 19.8 Å². The fourth-order valence-corrected chi connectivity index (χ4v) is 2.82. The maximum absolute atomic E-state index is 12.3. The van der Waals surface area contributed by atoms with Crippen LogP contribution in [0.15, 0.2) is 18.2 Å². The van der Waals surface area contributed by atoms with Crippen molar-refractivity contribution in [1.29, 1.82) is 0 Å². The fraction of sp³-hybridized carbons (Fsp3) is 0.438. The van der Waals surface area contributed by atoms with Crippen LogP contribution in [-0.4, -0.2) is 47.2 Å². The maximum atomic E-state index is 12.3. The number of hydrogen-bond donors (Lipinski definition) is 2. The Morgan fingerprint density at radius 3 is 2.86 bits per heavy atom. The summed E-state index contributed by atoms with van der Waals surface area (Å²) < 4.78 is 0. The van der Waals surface area contributed by atoms with Crippen LogP contribution in [0.25, 0.3) is 10.9 Å². The van der Waals surface area contributed by atoms with Crippen LogP contribution >= 0.6 is 0 Å². The van der Waals surface area contributed by atoms with Crippen molar-refractivity contribution in [2.24, 2.45) is 0 Å². The van der Waals surface area contributed by atoms with E-state index in [4.69, 9.17) is 5.73 Å². The van der Waals surface area contributed by atoms with Gasteiger partial charge in [0.05, 0.1) is 11.2 Å². The second-order valence-corrected chi connectivity index (χ2v) is 5.79. The Morgan fingerprint density at radius 2 is 2.09 bits per heavy atom. The number of nitrogens with two attached hydrogens (primary N) is 1. The van der Waals surface area contributed by atoms with Gasteiger partial charge in [-0.25, -0.2) is 0 Å². The number of carbonyl (C=O) groups excluding carboxylic acids is 1. The van der Waals surface area contributed by atoms with Crippen molar-refractivity contribution < 1.29 is 4.79 Å². The third kappa shape index (κ3) is 3.01. The van der Waals surface area contributed by atoms with E-state index in [9.17, 15) is 4.79 Å². The number of hydrogen-bond acceptors (Lipinski definition) is 5. The molecular weight excluding hydrogens is 278 g/mol. The van der Waals surface area contributed by atoms with Gasteiger partial charge in [-0.15, -0.1) is 10.2 Å². The molecule has 0 spiro atoms. The van der Waals surface area contributed by atoms with Crippen LogP contribution in [0.1, 0.15) is 28.9 Å². The van der Waals surface area contributed by atoms with Gasteiger partial charge >= 0.3 is 0 Å². The summed E-state index contributed by atoms with van der Waals surface area (Å²) in [5.41, 5.74) is 8.49. The largest absolute Gasteiger partial charge is 0.396 e. The summed E-state index contributed by atoms with van der Waals surface area (Å²) in [6, 6.07) is 5.75. The normalized spacial score (nSPS) is 15.3. The summed E-state index contributed by atoms with van der Waals surface area (Å²) >= 11 is 0. The van der Waals surface area contributed by atoms with Crippen molar-refractivity contribution in [3.63, 3.8) is 0 Å². The Hall–Kier alpha value is -2.21. The average Bonchev–Trinajstić information content (AvgIpc) is 3.01. The molecule has 0 aliphatic carbocycles. The molecule has 1 saturated heterocycles. The van der Waals surface area contributed by atoms with Crippen LogP contribution in [0.2, 0.25) is 0 Å². The molecule has 2 heterocycles. The van der Waals surface area contributed by atoms with Gasteiger partial charge in [-0.3, -0.25) is 4.79 Å². The summed E-state index contributed by atoms with van der Waals surface area (Å²) in [7, 11) is 0. The average molecular weight is 299 g/mol. The number of nitrogens with zero attached hydrogens (tertiary/aromatic N) is 3. The number of amides is 1. The predicted molar refractivity (Wildman–Crippen MR) is 86.7 cm³/mol. The van der Waals surface area contributed by atoms with Crippen molar-refractivity contribution >= 4 is 22.5 Å². The van der Waals surface area contributed by atoms with Gasteiger partial charge in [0.2, 0.25) is 0 Å². The molecule has 0 saturated carbocycles. The molecule has 1 amide bonds. The molecule has 2 aromatic rings. The molecule has 0 radical (unpaired) electrons. The molecule has 22 heavy (non-hydrogen) atoms. The molecule has 116 valence electrons. The molecule has 1 aliphatic heterocycles. The fourth-order valence-electron chi connectivity index (χ4n) is 2.82. The summed E-state index contributed by atoms with van der Waals surface area (Å²) in [5.74, 6) is -0.257. The number of fused-ring (bicyclic) bond motifs is 1. The molecular formula is C16H21N5O. The quantitative estimate of drug-likeness (QED) is 0.890. The van der Waals surface area contributed by atoms with Crippen LogP contribution in [0.5, 0.6) is 0 Å². The number of nitrogen functional groups attached to an aromatic ring is 1. The highest BCUT2D eigenvalue weighted by Gasteiger charge is 2.16. The molecule has 0 unspecified atom stereocenters. The van der Waals surface area contributed by atoms with E-state index in [2.05, 4.69) is 20.4 Å². The van der Waals surface area contributed by atoms with Crippen molar-refractivity contribution in [1.82, 2.24) is 20.4 Å². The standard InChI is InChI=1S/C16H21N5O/c1-11-4-5-13-12(10-11)14(17)15(20-19-13)16(22)18-6-9-21-7-2-3-8-21/h4-5,10H,2-3,6-9H2,1H3,(H2,17,19)(H,18,22). The maximum Gasteiger partial charge on any atom is 0.274 e. The van der Waals surface area contributed by atoms with Crippen molar-refractivity contribution in [3.8, 4) is 0 Å². The number of nitrogens with one attached hydrogen (secondary N) is 1. The van der Waals surface area contributed by atoms with Gasteiger partial charge in [-0.2, -0.15) is 0 Å². The van der Waals surface area contributed by atoms with Crippen LogP contribution in [0, 0.1) is 6.92 Å². The lowest BCUT2D eigenvalue weighted by atomic mass is 10.1. The minimum Gasteiger partial charge on any atom is -0.396 e. The lowest BCUT2D eigenvalue weighted by molar-refractivity contribution is 0.0945. The third-order valence-corrected chi connectivity index (χ3v) is 4.08. The first-order valence-electron chi connectivity index (χ1n) is 7.68. The van der Waals surface area contributed by atoms with Crippen LogP contribution in [0.4, 0.5) is 5.69 Å². The molecule has 1 aliphatic rings. The monoisotopic (exact) mass is 299 g/mol. The Kier molecular flexibility index (Phi) is 4.20. The molecule has 1 aromatic carbocycles. The smallest absolute Gasteiger partial charge is 0.274 e. The lowest BCUT2D eigenvalue weighted by Gasteiger charge is -2.15. The zero-order valence-electron chi connectivity index (χ0n) is 12.8. The van der Waals surface area contributed by atoms with E-state index in [0.717, 1.165) is 30.6 Å². The molecule has 3 N–H and O–H groups in total. The molecule has 6 heteroatoms. The van der Waals surface area contributed by atoms with E-state index >= 15 is 0 Å². The zero-order valence-corrected chi connectivity index (χ0v) is 12.8. The number of carbonyl (C=O) groups is 1. The number of aromatic nitrogens is 2. The number of benzene rings is 1. The summed E-state index contributed by atoms with van der Waals surface area (Å²) in [6.45, 7) is 5.69. The van der Waals surface area contributed by atoms with Crippen molar-refractivity contribution in [3.05, 3.63) is 29.5 Å². The molecule has 6 nitrogen and oxygen atoms in total. The predicted octanol–water partition coefficient (Wildman–Crippen LogP) is 1.35. The van der Waals surface area contributed by atoms with Crippen molar-refractivity contribution in [2.75, 3.05) is 31.9 Å². The van der Waals surface area contributed by atoms with Gasteiger partial charge in [-0.05, 0) is 45.0 Å². The SMILES string of the molecule is Cc1ccc2nnc(C(=O)NCCN3CCCC3)c(N)c2c1. The zero-order chi connectivity index (χ0) is 15.5. The highest BCUT2D eigenvalue weighted by Crippen LogP contribution is 2.22. The summed E-state index contributed by atoms with van der Waals surface area (Å²) in [5, 5.41) is 11.7. The lowest BCUT2D eigenvalue weighted by Crippen LogP contribution is -2.34. The highest BCUT2D eigenvalue weighted by molar-refractivity contribution is 6.04. The van der Waals surface area contributed by atoms with Gasteiger partial charge in [0.1, 0.15) is 0 Å². The molecule has 1 aromatic heterocycles. The summed E-state index contributed by atoms with van der Waals surface area (Å²) in [6.07, 6.45) is 2.49. The Balaban J connectivity index is 1.71. The minimum atomic E-state index is -0.257. The first-order chi connectivity index (χ1) is 10.6. The second kappa shape index (κ2) is 6.27. The van der Waals surface area contributed by atoms with Crippen LogP contribution < -0.4 is 11.1 Å². The van der Waals surface area contributed by atoms with Gasteiger partial charge in [0.25, 0.3) is 5.91 Å². The van der Waals surface area contributed by atoms with E-state index in [-0.39, 0.29) is 11.6 Å². The van der Waals surface area contributed by atoms with E-state index in [1.807, 2.05) is 25.1 Å². The van der Waals surface area contributed by atoms with Gasteiger partial charge in [0, 0.05) is 18.5 Å². The van der Waals surface area contributed by atoms with Crippen LogP contribution in [-0.2, 0) is 0 Å². The number of rotatable bonds is 4. The van der Waals surface area contributed by atoms with E-state index in [1.54, 1.807) is 0 Å². The van der Waals surface area contributed by atoms with E-state index < -0.39 is 0 Å². The minimum absolute atomic E-state index is 0.208. The van der Waals surface area contributed by atoms with Gasteiger partial charge < -0.3 is 16.0 Å². The molecule has 3 rings (SSSR count). The number of aryl methyl sites for hydroxylation is 1. The number of likely N-dealkylation sites (tertiary alicyclic amines) is 1. The Morgan fingerprint density at radius 1 is 1.32 bits per heavy atom. The molecule has 0 bridgehead atoms. The van der Waals surface area contributed by atoms with Gasteiger partial charge in [0.15, 0.2) is 5.69 Å². The highest BCUT2D eigenvalue weighted by atomic mass is 16.1. The van der Waals surface area contributed by atoms with E-state index in [1.165, 1.54) is 12.8 Å². The topological polar surface area (TPSA) is 84.1 Å². The first-order valence-corrected chi connectivity index (χ1v) is 7.68. The third-order valence-electron chi connectivity index (χ3n) is 4.08. The second-order valence-electron chi connectivity index (χ2n) is 5.79. The number of anilines is 1.